The molecule has 0 aromatic heterocycles. The van der Waals surface area contributed by atoms with Crippen LogP contribution in [0.1, 0.15) is 13.8 Å². The summed E-state index contributed by atoms with van der Waals surface area (Å²) in [6.07, 6.45) is 1.81. The van der Waals surface area contributed by atoms with E-state index in [0.717, 1.165) is 5.75 Å². The van der Waals surface area contributed by atoms with Crippen LogP contribution in [-0.2, 0) is 4.79 Å². The van der Waals surface area contributed by atoms with Crippen LogP contribution in [0.4, 0.5) is 0 Å². The first kappa shape index (κ1) is 8.76. The van der Waals surface area contributed by atoms with Gasteiger partial charge in [-0.25, -0.2) is 0 Å². The molecule has 1 atom stereocenters. The van der Waals surface area contributed by atoms with Crippen LogP contribution in [0.3, 0.4) is 0 Å². The Kier molecular flexibility index (Phi) is 4.50. The molecule has 0 aromatic rings. The van der Waals surface area contributed by atoms with Crippen LogP contribution in [-0.4, -0.2) is 16.8 Å². The highest BCUT2D eigenvalue weighted by atomic mass is 32.2. The molecule has 0 saturated carbocycles. The molecule has 0 saturated heterocycles. The highest BCUT2D eigenvalue weighted by Crippen LogP contribution is 2.09. The lowest BCUT2D eigenvalue weighted by molar-refractivity contribution is -0.116. The van der Waals surface area contributed by atoms with Crippen molar-refractivity contribution in [2.75, 3.05) is 5.75 Å². The fourth-order valence-electron chi connectivity index (χ4n) is 0.330. The number of ketones is 1. The molecule has 0 radical (unpaired) electrons. The number of thioether (sulfide) groups is 1. The maximum atomic E-state index is 10.6. The summed E-state index contributed by atoms with van der Waals surface area (Å²) < 4.78 is 0. The molecule has 0 spiro atoms. The van der Waals surface area contributed by atoms with Gasteiger partial charge in [0, 0.05) is 5.75 Å². The van der Waals surface area contributed by atoms with E-state index in [1.54, 1.807) is 18.7 Å². The quantitative estimate of drug-likeness (QED) is 0.560. The maximum absolute atomic E-state index is 10.6. The highest BCUT2D eigenvalue weighted by molar-refractivity contribution is 8.00. The van der Waals surface area contributed by atoms with Gasteiger partial charge >= 0.3 is 0 Å². The summed E-state index contributed by atoms with van der Waals surface area (Å²) in [5.74, 6) is 1.10. The fraction of sp³-hybridized carbons (Fsp3) is 0.571. The molecular weight excluding hydrogens is 132 g/mol. The zero-order valence-corrected chi connectivity index (χ0v) is 6.70. The Labute approximate surface area is 60.5 Å². The Balaban J connectivity index is 3.37. The number of hydrogen-bond acceptors (Lipinski definition) is 2. The topological polar surface area (TPSA) is 17.1 Å². The Bertz CT molecular complexity index is 109. The summed E-state index contributed by atoms with van der Waals surface area (Å²) >= 11 is 1.62. The van der Waals surface area contributed by atoms with E-state index >= 15 is 0 Å². The van der Waals surface area contributed by atoms with Gasteiger partial charge in [-0.2, -0.15) is 0 Å². The van der Waals surface area contributed by atoms with Crippen LogP contribution < -0.4 is 0 Å². The second kappa shape index (κ2) is 4.62. The molecule has 2 heteroatoms. The third kappa shape index (κ3) is 4.28. The lowest BCUT2D eigenvalue weighted by atomic mass is 10.3. The second-order valence-electron chi connectivity index (χ2n) is 1.87. The lowest BCUT2D eigenvalue weighted by Crippen LogP contribution is -2.07. The molecule has 9 heavy (non-hydrogen) atoms. The summed E-state index contributed by atoms with van der Waals surface area (Å²) in [5, 5.41) is 0.128. The van der Waals surface area contributed by atoms with Crippen molar-refractivity contribution in [2.45, 2.75) is 19.1 Å². The van der Waals surface area contributed by atoms with E-state index in [9.17, 15) is 4.79 Å². The molecule has 1 nitrogen and oxygen atoms in total. The average Bonchev–Trinajstić information content (AvgIpc) is 1.82. The van der Waals surface area contributed by atoms with Crippen LogP contribution in [0.15, 0.2) is 12.7 Å². The number of Topliss-reactive ketones (excluding diaryl/α,β-unsaturated/α-hetero) is 1. The van der Waals surface area contributed by atoms with Crippen molar-refractivity contribution in [1.29, 1.82) is 0 Å². The second-order valence-corrected chi connectivity index (χ2v) is 3.25. The summed E-state index contributed by atoms with van der Waals surface area (Å²) in [4.78, 5) is 10.6. The summed E-state index contributed by atoms with van der Waals surface area (Å²) in [5.41, 5.74) is 0. The van der Waals surface area contributed by atoms with Crippen LogP contribution >= 0.6 is 11.8 Å². The summed E-state index contributed by atoms with van der Waals surface area (Å²) in [6, 6.07) is 0. The summed E-state index contributed by atoms with van der Waals surface area (Å²) in [6.45, 7) is 7.08. The van der Waals surface area contributed by atoms with Gasteiger partial charge in [-0.05, 0) is 13.8 Å². The number of carbonyl (C=O) groups excluding carboxylic acids is 1. The first-order chi connectivity index (χ1) is 4.18. The van der Waals surface area contributed by atoms with Crippen molar-refractivity contribution in [3.8, 4) is 0 Å². The zero-order chi connectivity index (χ0) is 7.28. The molecular formula is C7H12OS. The van der Waals surface area contributed by atoms with Gasteiger partial charge < -0.3 is 0 Å². The van der Waals surface area contributed by atoms with E-state index in [2.05, 4.69) is 6.58 Å². The molecule has 0 bridgehead atoms. The van der Waals surface area contributed by atoms with Gasteiger partial charge in [0.05, 0.1) is 5.25 Å². The Morgan fingerprint density at radius 3 is 2.78 bits per heavy atom. The van der Waals surface area contributed by atoms with Gasteiger partial charge in [0.25, 0.3) is 0 Å². The minimum Gasteiger partial charge on any atom is -0.299 e. The zero-order valence-electron chi connectivity index (χ0n) is 5.89. The van der Waals surface area contributed by atoms with Crippen molar-refractivity contribution < 1.29 is 4.79 Å². The minimum absolute atomic E-state index is 0.128. The first-order valence-electron chi connectivity index (χ1n) is 2.91. The van der Waals surface area contributed by atoms with E-state index in [1.807, 2.05) is 13.0 Å². The average molecular weight is 144 g/mol. The predicted molar refractivity (Wildman–Crippen MR) is 42.8 cm³/mol. The largest absolute Gasteiger partial charge is 0.299 e. The molecule has 0 fully saturated rings. The van der Waals surface area contributed by atoms with Crippen LogP contribution in [0.2, 0.25) is 0 Å². The van der Waals surface area contributed by atoms with E-state index in [4.69, 9.17) is 0 Å². The lowest BCUT2D eigenvalue weighted by Gasteiger charge is -2.02. The van der Waals surface area contributed by atoms with Gasteiger partial charge in [0.15, 0.2) is 0 Å². The minimum atomic E-state index is 0.128. The van der Waals surface area contributed by atoms with Gasteiger partial charge in [-0.1, -0.05) is 6.08 Å². The van der Waals surface area contributed by atoms with Gasteiger partial charge in [-0.3, -0.25) is 4.79 Å². The van der Waals surface area contributed by atoms with Crippen LogP contribution in [0.5, 0.6) is 0 Å². The Hall–Kier alpha value is -0.240. The molecule has 0 aliphatic heterocycles. The number of carbonyl (C=O) groups is 1. The predicted octanol–water partition coefficient (Wildman–Crippen LogP) is 1.88. The van der Waals surface area contributed by atoms with Crippen molar-refractivity contribution in [2.24, 2.45) is 0 Å². The molecule has 0 aromatic carbocycles. The van der Waals surface area contributed by atoms with Gasteiger partial charge in [-0.15, -0.1) is 18.3 Å². The van der Waals surface area contributed by atoms with E-state index in [1.165, 1.54) is 0 Å². The fourth-order valence-corrected chi connectivity index (χ4v) is 0.989. The molecule has 0 heterocycles. The molecule has 0 aliphatic carbocycles. The van der Waals surface area contributed by atoms with E-state index in [0.29, 0.717) is 0 Å². The first-order valence-corrected chi connectivity index (χ1v) is 3.96. The molecule has 0 rings (SSSR count). The smallest absolute Gasteiger partial charge is 0.142 e. The van der Waals surface area contributed by atoms with Crippen molar-refractivity contribution in [3.63, 3.8) is 0 Å². The number of rotatable bonds is 4. The van der Waals surface area contributed by atoms with E-state index in [-0.39, 0.29) is 11.0 Å². The third-order valence-electron chi connectivity index (χ3n) is 1.04. The maximum Gasteiger partial charge on any atom is 0.142 e. The summed E-state index contributed by atoms with van der Waals surface area (Å²) in [7, 11) is 0. The van der Waals surface area contributed by atoms with Crippen molar-refractivity contribution in [3.05, 3.63) is 12.7 Å². The molecule has 0 amide bonds. The third-order valence-corrected chi connectivity index (χ3v) is 2.30. The Morgan fingerprint density at radius 2 is 2.44 bits per heavy atom. The normalized spacial score (nSPS) is 12.7. The number of hydrogen-bond donors (Lipinski definition) is 0. The standard InChI is InChI=1S/C7H12OS/c1-4-5-9-7(3)6(2)8/h4,7H,1,5H2,2-3H3. The van der Waals surface area contributed by atoms with Crippen LogP contribution in [0, 0.1) is 0 Å². The van der Waals surface area contributed by atoms with Crippen LogP contribution in [0.25, 0.3) is 0 Å². The molecule has 0 N–H and O–H groups in total. The molecule has 52 valence electrons. The monoisotopic (exact) mass is 144 g/mol. The van der Waals surface area contributed by atoms with Crippen molar-refractivity contribution >= 4 is 17.5 Å². The van der Waals surface area contributed by atoms with Crippen molar-refractivity contribution in [1.82, 2.24) is 0 Å². The molecule has 1 unspecified atom stereocenters. The SMILES string of the molecule is C=CCSC(C)C(C)=O. The van der Waals surface area contributed by atoms with Gasteiger partial charge in [0.1, 0.15) is 5.78 Å². The highest BCUT2D eigenvalue weighted by Gasteiger charge is 2.04. The Morgan fingerprint density at radius 1 is 1.89 bits per heavy atom. The molecule has 0 aliphatic rings. The van der Waals surface area contributed by atoms with Gasteiger partial charge in [0.2, 0.25) is 0 Å². The van der Waals surface area contributed by atoms with E-state index < -0.39 is 0 Å².